The minimum Gasteiger partial charge on any atom is -0.357 e. The van der Waals surface area contributed by atoms with Crippen molar-refractivity contribution < 1.29 is 9.59 Å². The molecule has 32 heavy (non-hydrogen) atoms. The number of hydrogen-bond acceptors (Lipinski definition) is 3. The second-order valence-electron chi connectivity index (χ2n) is 8.92. The highest BCUT2D eigenvalue weighted by atomic mass is 16.2. The van der Waals surface area contributed by atoms with Gasteiger partial charge >= 0.3 is 0 Å². The fourth-order valence-corrected chi connectivity index (χ4v) is 4.54. The van der Waals surface area contributed by atoms with Crippen molar-refractivity contribution in [2.24, 2.45) is 16.8 Å². The smallest absolute Gasteiger partial charge is 0.223 e. The van der Waals surface area contributed by atoms with Gasteiger partial charge in [-0.3, -0.25) is 14.6 Å². The number of carbonyl (C=O) groups excluding carboxylic acids is 2. The lowest BCUT2D eigenvalue weighted by atomic mass is 9.89. The number of likely N-dealkylation sites (tertiary alicyclic amines) is 1. The predicted octanol–water partition coefficient (Wildman–Crippen LogP) is 2.33. The normalized spacial score (nSPS) is 19.8. The number of nitrogens with one attached hydrogen (secondary N) is 3. The highest BCUT2D eigenvalue weighted by molar-refractivity contribution is 5.81. The average molecular weight is 442 g/mol. The molecule has 1 saturated heterocycles. The Morgan fingerprint density at radius 3 is 2.56 bits per heavy atom. The Balaban J connectivity index is 1.37. The summed E-state index contributed by atoms with van der Waals surface area (Å²) in [6, 6.07) is 10.3. The number of guanidine groups is 1. The second kappa shape index (κ2) is 13.1. The largest absolute Gasteiger partial charge is 0.357 e. The summed E-state index contributed by atoms with van der Waals surface area (Å²) in [4.78, 5) is 31.3. The van der Waals surface area contributed by atoms with Crippen LogP contribution in [0.4, 0.5) is 0 Å². The van der Waals surface area contributed by atoms with Crippen molar-refractivity contribution in [1.82, 2.24) is 20.9 Å². The van der Waals surface area contributed by atoms with Gasteiger partial charge in [-0.2, -0.15) is 0 Å². The standard InChI is InChI=1S/C25H39N5O2/c1-2-26-25(28-15-14-27-24(32)22-11-7-4-8-12-22)29-18-21-17-23(31)30(19-21)16-13-20-9-5-3-6-10-20/h3,5-6,9-10,21-22H,2,4,7-8,11-19H2,1H3,(H,27,32)(H2,26,28,29). The predicted molar refractivity (Wildman–Crippen MR) is 128 cm³/mol. The van der Waals surface area contributed by atoms with Gasteiger partial charge in [-0.1, -0.05) is 49.6 Å². The minimum atomic E-state index is 0.188. The van der Waals surface area contributed by atoms with Crippen LogP contribution in [-0.4, -0.2) is 61.9 Å². The van der Waals surface area contributed by atoms with E-state index in [9.17, 15) is 9.59 Å². The van der Waals surface area contributed by atoms with E-state index in [0.29, 0.717) is 26.1 Å². The van der Waals surface area contributed by atoms with Crippen LogP contribution in [0.2, 0.25) is 0 Å². The first-order valence-electron chi connectivity index (χ1n) is 12.3. The Morgan fingerprint density at radius 2 is 1.81 bits per heavy atom. The molecule has 1 heterocycles. The zero-order valence-electron chi connectivity index (χ0n) is 19.4. The number of benzene rings is 1. The Labute approximate surface area is 192 Å². The molecule has 0 bridgehead atoms. The average Bonchev–Trinajstić information content (AvgIpc) is 3.19. The van der Waals surface area contributed by atoms with E-state index in [1.54, 1.807) is 0 Å². The van der Waals surface area contributed by atoms with Gasteiger partial charge in [0.25, 0.3) is 0 Å². The summed E-state index contributed by atoms with van der Waals surface area (Å²) in [6.07, 6.45) is 7.08. The molecule has 2 aliphatic rings. The molecular formula is C25H39N5O2. The topological polar surface area (TPSA) is 85.8 Å². The summed E-state index contributed by atoms with van der Waals surface area (Å²) in [5, 5.41) is 9.60. The summed E-state index contributed by atoms with van der Waals surface area (Å²) < 4.78 is 0. The van der Waals surface area contributed by atoms with Gasteiger partial charge in [-0.05, 0) is 31.7 Å². The number of rotatable bonds is 10. The first-order chi connectivity index (χ1) is 15.7. The first-order valence-corrected chi connectivity index (χ1v) is 12.3. The van der Waals surface area contributed by atoms with Gasteiger partial charge in [0, 0.05) is 57.5 Å². The zero-order valence-corrected chi connectivity index (χ0v) is 19.4. The molecule has 0 radical (unpaired) electrons. The minimum absolute atomic E-state index is 0.188. The van der Waals surface area contributed by atoms with Crippen molar-refractivity contribution in [3.63, 3.8) is 0 Å². The summed E-state index contributed by atoms with van der Waals surface area (Å²) in [7, 11) is 0. The van der Waals surface area contributed by atoms with Crippen LogP contribution in [-0.2, 0) is 16.0 Å². The SMILES string of the molecule is CCNC(=NCC1CC(=O)N(CCc2ccccc2)C1)NCCNC(=O)C1CCCCC1. The van der Waals surface area contributed by atoms with E-state index < -0.39 is 0 Å². The van der Waals surface area contributed by atoms with Crippen LogP contribution >= 0.6 is 0 Å². The Morgan fingerprint density at radius 1 is 1.06 bits per heavy atom. The van der Waals surface area contributed by atoms with E-state index in [4.69, 9.17) is 4.99 Å². The number of carbonyl (C=O) groups is 2. The third kappa shape index (κ3) is 7.84. The van der Waals surface area contributed by atoms with Crippen LogP contribution in [0.25, 0.3) is 0 Å². The summed E-state index contributed by atoms with van der Waals surface area (Å²) >= 11 is 0. The van der Waals surface area contributed by atoms with E-state index in [0.717, 1.165) is 44.9 Å². The molecule has 2 amide bonds. The molecular weight excluding hydrogens is 402 g/mol. The molecule has 1 saturated carbocycles. The lowest BCUT2D eigenvalue weighted by molar-refractivity contribution is -0.128. The highest BCUT2D eigenvalue weighted by Crippen LogP contribution is 2.23. The van der Waals surface area contributed by atoms with Crippen molar-refractivity contribution in [3.8, 4) is 0 Å². The van der Waals surface area contributed by atoms with E-state index in [1.807, 2.05) is 30.0 Å². The van der Waals surface area contributed by atoms with Crippen LogP contribution in [0.5, 0.6) is 0 Å². The van der Waals surface area contributed by atoms with Gasteiger partial charge < -0.3 is 20.9 Å². The molecule has 3 rings (SSSR count). The molecule has 7 heteroatoms. The molecule has 0 spiro atoms. The molecule has 1 unspecified atom stereocenters. The number of nitrogens with zero attached hydrogens (tertiary/aromatic N) is 2. The molecule has 1 aliphatic heterocycles. The van der Waals surface area contributed by atoms with E-state index in [1.165, 1.54) is 24.8 Å². The number of amides is 2. The maximum absolute atomic E-state index is 12.4. The van der Waals surface area contributed by atoms with Gasteiger partial charge in [-0.25, -0.2) is 0 Å². The second-order valence-corrected chi connectivity index (χ2v) is 8.92. The quantitative estimate of drug-likeness (QED) is 0.296. The molecule has 1 aromatic carbocycles. The first kappa shape index (κ1) is 24.1. The van der Waals surface area contributed by atoms with Crippen LogP contribution in [0, 0.1) is 11.8 Å². The van der Waals surface area contributed by atoms with E-state index in [2.05, 4.69) is 28.1 Å². The summed E-state index contributed by atoms with van der Waals surface area (Å²) in [5.74, 6) is 1.60. The number of aliphatic imine (C=N–C) groups is 1. The van der Waals surface area contributed by atoms with Gasteiger partial charge in [0.1, 0.15) is 0 Å². The summed E-state index contributed by atoms with van der Waals surface area (Å²) in [5.41, 5.74) is 1.26. The van der Waals surface area contributed by atoms with Crippen LogP contribution in [0.1, 0.15) is 51.0 Å². The fourth-order valence-electron chi connectivity index (χ4n) is 4.54. The highest BCUT2D eigenvalue weighted by Gasteiger charge is 2.29. The van der Waals surface area contributed by atoms with Gasteiger partial charge in [0.05, 0.1) is 0 Å². The summed E-state index contributed by atoms with van der Waals surface area (Å²) in [6.45, 7) is 6.19. The third-order valence-corrected chi connectivity index (χ3v) is 6.35. The van der Waals surface area contributed by atoms with Crippen LogP contribution in [0.3, 0.4) is 0 Å². The van der Waals surface area contributed by atoms with Crippen molar-refractivity contribution in [1.29, 1.82) is 0 Å². The molecule has 1 aliphatic carbocycles. The molecule has 176 valence electrons. The zero-order chi connectivity index (χ0) is 22.6. The van der Waals surface area contributed by atoms with E-state index in [-0.39, 0.29) is 23.7 Å². The maximum atomic E-state index is 12.4. The van der Waals surface area contributed by atoms with Gasteiger partial charge in [0.2, 0.25) is 11.8 Å². The van der Waals surface area contributed by atoms with Gasteiger partial charge in [-0.15, -0.1) is 0 Å². The van der Waals surface area contributed by atoms with Crippen LogP contribution < -0.4 is 16.0 Å². The number of hydrogen-bond donors (Lipinski definition) is 3. The Bertz CT molecular complexity index is 746. The lowest BCUT2D eigenvalue weighted by Gasteiger charge is -2.21. The van der Waals surface area contributed by atoms with Crippen molar-refractivity contribution >= 4 is 17.8 Å². The maximum Gasteiger partial charge on any atom is 0.223 e. The van der Waals surface area contributed by atoms with Crippen molar-refractivity contribution in [2.45, 2.75) is 51.9 Å². The molecule has 1 atom stereocenters. The van der Waals surface area contributed by atoms with E-state index >= 15 is 0 Å². The Hall–Kier alpha value is -2.57. The van der Waals surface area contributed by atoms with Crippen molar-refractivity contribution in [2.75, 3.05) is 39.3 Å². The molecule has 3 N–H and O–H groups in total. The lowest BCUT2D eigenvalue weighted by Crippen LogP contribution is -2.43. The Kier molecular flexibility index (Phi) is 9.85. The van der Waals surface area contributed by atoms with Crippen LogP contribution in [0.15, 0.2) is 35.3 Å². The van der Waals surface area contributed by atoms with Gasteiger partial charge in [0.15, 0.2) is 5.96 Å². The monoisotopic (exact) mass is 441 g/mol. The molecule has 2 fully saturated rings. The molecule has 0 aromatic heterocycles. The third-order valence-electron chi connectivity index (χ3n) is 6.35. The van der Waals surface area contributed by atoms with Crippen molar-refractivity contribution in [3.05, 3.63) is 35.9 Å². The molecule has 7 nitrogen and oxygen atoms in total. The molecule has 1 aromatic rings. The fraction of sp³-hybridized carbons (Fsp3) is 0.640.